The van der Waals surface area contributed by atoms with Crippen molar-refractivity contribution < 1.29 is 22.7 Å². The quantitative estimate of drug-likeness (QED) is 0.858. The Morgan fingerprint density at radius 3 is 2.38 bits per heavy atom. The first kappa shape index (κ1) is 16.0. The van der Waals surface area contributed by atoms with E-state index in [2.05, 4.69) is 5.32 Å². The fourth-order valence-electron chi connectivity index (χ4n) is 2.73. The number of furan rings is 1. The summed E-state index contributed by atoms with van der Waals surface area (Å²) in [6.45, 7) is 4.43. The minimum absolute atomic E-state index is 0.109. The number of piperidine rings is 1. The third kappa shape index (κ3) is 2.83. The summed E-state index contributed by atoms with van der Waals surface area (Å²) >= 11 is 0. The summed E-state index contributed by atoms with van der Waals surface area (Å²) in [6, 6.07) is -0.132. The molecule has 0 unspecified atom stereocenters. The third-order valence-corrected chi connectivity index (χ3v) is 5.94. The highest BCUT2D eigenvalue weighted by atomic mass is 32.2. The lowest BCUT2D eigenvalue weighted by atomic mass is 10.1. The van der Waals surface area contributed by atoms with Gasteiger partial charge in [-0.1, -0.05) is 0 Å². The van der Waals surface area contributed by atoms with Gasteiger partial charge in [0.05, 0.1) is 0 Å². The molecule has 2 rings (SSSR count). The Morgan fingerprint density at radius 2 is 1.86 bits per heavy atom. The summed E-state index contributed by atoms with van der Waals surface area (Å²) in [6.07, 6.45) is 1.40. The molecule has 7 nitrogen and oxygen atoms in total. The van der Waals surface area contributed by atoms with Gasteiger partial charge in [-0.25, -0.2) is 13.2 Å². The van der Waals surface area contributed by atoms with Crippen molar-refractivity contribution in [2.45, 2.75) is 37.6 Å². The molecule has 1 aliphatic rings. The molecule has 0 bridgehead atoms. The highest BCUT2D eigenvalue weighted by Gasteiger charge is 2.36. The number of sulfonamides is 1. The van der Waals surface area contributed by atoms with E-state index in [1.165, 1.54) is 25.2 Å². The summed E-state index contributed by atoms with van der Waals surface area (Å²) in [4.78, 5) is 11.1. The number of hydrogen-bond acceptors (Lipinski definition) is 5. The largest absolute Gasteiger partial charge is 0.478 e. The molecule has 1 saturated heterocycles. The van der Waals surface area contributed by atoms with Crippen LogP contribution in [0.2, 0.25) is 0 Å². The first-order chi connectivity index (χ1) is 9.76. The maximum absolute atomic E-state index is 12.8. The second-order valence-electron chi connectivity index (χ2n) is 5.23. The molecule has 1 aliphatic heterocycles. The molecule has 1 aromatic heterocycles. The number of nitrogens with one attached hydrogen (secondary N) is 1. The van der Waals surface area contributed by atoms with E-state index in [4.69, 9.17) is 4.42 Å². The number of aryl methyl sites for hydroxylation is 2. The van der Waals surface area contributed by atoms with E-state index in [-0.39, 0.29) is 28.0 Å². The fourth-order valence-corrected chi connectivity index (χ4v) is 4.52. The number of rotatable bonds is 4. The lowest BCUT2D eigenvalue weighted by Crippen LogP contribution is -2.44. The zero-order chi connectivity index (χ0) is 15.8. The molecule has 8 heteroatoms. The van der Waals surface area contributed by atoms with Crippen LogP contribution in [0.4, 0.5) is 0 Å². The molecule has 1 fully saturated rings. The first-order valence-corrected chi connectivity index (χ1v) is 8.23. The molecule has 0 spiro atoms. The zero-order valence-electron chi connectivity index (χ0n) is 12.3. The number of carboxylic acids is 1. The molecular formula is C13H20N2O5S. The standard InChI is InChI=1S/C13H20N2O5S/c1-8-11(13(16)17)12(9(2)20-8)21(18,19)15(3)10-4-6-14-7-5-10/h10,14H,4-7H2,1-3H3,(H,16,17). The van der Waals surface area contributed by atoms with Crippen LogP contribution in [0.25, 0.3) is 0 Å². The van der Waals surface area contributed by atoms with Crippen molar-refractivity contribution in [2.24, 2.45) is 0 Å². The zero-order valence-corrected chi connectivity index (χ0v) is 13.2. The second-order valence-corrected chi connectivity index (χ2v) is 7.16. The number of carbonyl (C=O) groups is 1. The highest BCUT2D eigenvalue weighted by Crippen LogP contribution is 2.30. The van der Waals surface area contributed by atoms with Gasteiger partial charge in [-0.05, 0) is 39.8 Å². The van der Waals surface area contributed by atoms with E-state index in [0.717, 1.165) is 13.1 Å². The number of carboxylic acid groups (broad SMARTS) is 1. The molecule has 0 radical (unpaired) electrons. The Bertz CT molecular complexity index is 644. The minimum Gasteiger partial charge on any atom is -0.478 e. The van der Waals surface area contributed by atoms with Gasteiger partial charge in [-0.2, -0.15) is 4.31 Å². The molecule has 0 aromatic carbocycles. The average Bonchev–Trinajstić information content (AvgIpc) is 2.74. The summed E-state index contributed by atoms with van der Waals surface area (Å²) in [5.41, 5.74) is -0.270. The summed E-state index contributed by atoms with van der Waals surface area (Å²) in [7, 11) is -2.39. The molecule has 0 saturated carbocycles. The van der Waals surface area contributed by atoms with E-state index in [1.807, 2.05) is 0 Å². The number of hydrogen-bond donors (Lipinski definition) is 2. The van der Waals surface area contributed by atoms with Crippen LogP contribution in [-0.2, 0) is 10.0 Å². The van der Waals surface area contributed by atoms with Crippen molar-refractivity contribution >= 4 is 16.0 Å². The van der Waals surface area contributed by atoms with Gasteiger partial charge in [-0.3, -0.25) is 0 Å². The minimum atomic E-state index is -3.89. The molecule has 0 amide bonds. The molecule has 21 heavy (non-hydrogen) atoms. The molecule has 1 aromatic rings. The van der Waals surface area contributed by atoms with Gasteiger partial charge >= 0.3 is 5.97 Å². The molecular weight excluding hydrogens is 296 g/mol. The van der Waals surface area contributed by atoms with Crippen LogP contribution in [0.5, 0.6) is 0 Å². The Balaban J connectivity index is 2.46. The van der Waals surface area contributed by atoms with Crippen molar-refractivity contribution in [3.8, 4) is 0 Å². The highest BCUT2D eigenvalue weighted by molar-refractivity contribution is 7.89. The summed E-state index contributed by atoms with van der Waals surface area (Å²) < 4.78 is 32.1. The molecule has 0 aliphatic carbocycles. The smallest absolute Gasteiger partial charge is 0.340 e. The third-order valence-electron chi connectivity index (χ3n) is 3.88. The van der Waals surface area contributed by atoms with E-state index in [9.17, 15) is 18.3 Å². The van der Waals surface area contributed by atoms with E-state index < -0.39 is 16.0 Å². The van der Waals surface area contributed by atoms with E-state index in [1.54, 1.807) is 0 Å². The van der Waals surface area contributed by atoms with E-state index >= 15 is 0 Å². The van der Waals surface area contributed by atoms with Gasteiger partial charge < -0.3 is 14.8 Å². The van der Waals surface area contributed by atoms with Gasteiger partial charge in [0.25, 0.3) is 0 Å². The molecule has 2 N–H and O–H groups in total. The van der Waals surface area contributed by atoms with Crippen molar-refractivity contribution in [3.63, 3.8) is 0 Å². The van der Waals surface area contributed by atoms with Crippen molar-refractivity contribution in [1.82, 2.24) is 9.62 Å². The topological polar surface area (TPSA) is 99.9 Å². The van der Waals surface area contributed by atoms with Crippen LogP contribution >= 0.6 is 0 Å². The van der Waals surface area contributed by atoms with E-state index in [0.29, 0.717) is 12.8 Å². The Morgan fingerprint density at radius 1 is 1.29 bits per heavy atom. The Labute approximate surface area is 124 Å². The Kier molecular flexibility index (Phi) is 4.40. The Hall–Kier alpha value is -1.38. The maximum atomic E-state index is 12.8. The number of nitrogens with zero attached hydrogens (tertiary/aromatic N) is 1. The summed E-state index contributed by atoms with van der Waals surface area (Å²) in [5.74, 6) is -1.07. The molecule has 2 heterocycles. The second kappa shape index (κ2) is 5.78. The van der Waals surface area contributed by atoms with Crippen molar-refractivity contribution in [1.29, 1.82) is 0 Å². The fraction of sp³-hybridized carbons (Fsp3) is 0.615. The lowest BCUT2D eigenvalue weighted by Gasteiger charge is -2.30. The molecule has 118 valence electrons. The predicted octanol–water partition coefficient (Wildman–Crippen LogP) is 0.967. The summed E-state index contributed by atoms with van der Waals surface area (Å²) in [5, 5.41) is 12.4. The monoisotopic (exact) mass is 316 g/mol. The van der Waals surface area contributed by atoms with Crippen LogP contribution in [0.1, 0.15) is 34.7 Å². The maximum Gasteiger partial charge on any atom is 0.340 e. The SMILES string of the molecule is Cc1oc(C)c(S(=O)(=O)N(C)C2CCNCC2)c1C(=O)O. The van der Waals surface area contributed by atoms with Crippen LogP contribution in [-0.4, -0.2) is 50.0 Å². The number of aromatic carboxylic acids is 1. The van der Waals surface area contributed by atoms with Gasteiger partial charge in [-0.15, -0.1) is 0 Å². The normalized spacial score (nSPS) is 17.3. The lowest BCUT2D eigenvalue weighted by molar-refractivity contribution is 0.0691. The van der Waals surface area contributed by atoms with Crippen molar-refractivity contribution in [3.05, 3.63) is 17.1 Å². The first-order valence-electron chi connectivity index (χ1n) is 6.79. The van der Waals surface area contributed by atoms with Crippen LogP contribution in [0.3, 0.4) is 0 Å². The van der Waals surface area contributed by atoms with Gasteiger partial charge in [0.1, 0.15) is 22.0 Å². The molecule has 0 atom stereocenters. The van der Waals surface area contributed by atoms with Gasteiger partial charge in [0, 0.05) is 13.1 Å². The van der Waals surface area contributed by atoms with Gasteiger partial charge in [0.15, 0.2) is 0 Å². The average molecular weight is 316 g/mol. The van der Waals surface area contributed by atoms with Crippen LogP contribution in [0, 0.1) is 13.8 Å². The van der Waals surface area contributed by atoms with Crippen LogP contribution < -0.4 is 5.32 Å². The van der Waals surface area contributed by atoms with Crippen LogP contribution in [0.15, 0.2) is 9.31 Å². The van der Waals surface area contributed by atoms with Crippen molar-refractivity contribution in [2.75, 3.05) is 20.1 Å². The predicted molar refractivity (Wildman–Crippen MR) is 76.0 cm³/mol. The van der Waals surface area contributed by atoms with Gasteiger partial charge in [0.2, 0.25) is 10.0 Å².